The summed E-state index contributed by atoms with van der Waals surface area (Å²) in [5, 5.41) is 22.4. The molecule has 1 rings (SSSR count). The molecule has 1 radical (unpaired) electrons. The van der Waals surface area contributed by atoms with Gasteiger partial charge in [0.2, 0.25) is 0 Å². The fraction of sp³-hybridized carbons (Fsp3) is 1.00. The largest absolute Gasteiger partial charge is 0.395 e. The van der Waals surface area contributed by atoms with E-state index in [1.807, 2.05) is 0 Å². The van der Waals surface area contributed by atoms with E-state index < -0.39 is 6.10 Å². The molecular formula is C6H12NO2. The van der Waals surface area contributed by atoms with E-state index in [2.05, 4.69) is 5.32 Å². The maximum absolute atomic E-state index is 10.8. The van der Waals surface area contributed by atoms with Crippen LogP contribution < -0.4 is 5.32 Å². The lowest BCUT2D eigenvalue weighted by Gasteiger charge is -2.23. The van der Waals surface area contributed by atoms with Crippen LogP contribution in [0.5, 0.6) is 0 Å². The van der Waals surface area contributed by atoms with Crippen molar-refractivity contribution in [3.05, 3.63) is 0 Å². The van der Waals surface area contributed by atoms with E-state index >= 15 is 0 Å². The lowest BCUT2D eigenvalue weighted by molar-refractivity contribution is 0.0374. The zero-order valence-corrected chi connectivity index (χ0v) is 5.34. The molecule has 2 unspecified atom stereocenters. The Hall–Kier alpha value is -0.120. The Labute approximate surface area is 54.7 Å². The van der Waals surface area contributed by atoms with Crippen LogP contribution in [0.1, 0.15) is 12.8 Å². The van der Waals surface area contributed by atoms with Crippen molar-refractivity contribution in [2.45, 2.75) is 25.0 Å². The smallest absolute Gasteiger partial charge is 0.0957 e. The summed E-state index contributed by atoms with van der Waals surface area (Å²) in [4.78, 5) is 0. The fourth-order valence-electron chi connectivity index (χ4n) is 1.11. The molecule has 1 aliphatic rings. The Morgan fingerprint density at radius 1 is 1.67 bits per heavy atom. The van der Waals surface area contributed by atoms with Crippen LogP contribution in [0.4, 0.5) is 0 Å². The molecule has 0 saturated carbocycles. The van der Waals surface area contributed by atoms with Crippen molar-refractivity contribution in [3.63, 3.8) is 0 Å². The van der Waals surface area contributed by atoms with Gasteiger partial charge in [-0.1, -0.05) is 0 Å². The normalized spacial score (nSPS) is 36.7. The highest BCUT2D eigenvalue weighted by atomic mass is 16.3. The van der Waals surface area contributed by atoms with Gasteiger partial charge in [0.1, 0.15) is 0 Å². The van der Waals surface area contributed by atoms with Crippen LogP contribution in [0.2, 0.25) is 0 Å². The van der Waals surface area contributed by atoms with Crippen LogP contribution >= 0.6 is 0 Å². The minimum atomic E-state index is -0.455. The first-order valence-electron chi connectivity index (χ1n) is 3.33. The van der Waals surface area contributed by atoms with Gasteiger partial charge >= 0.3 is 0 Å². The van der Waals surface area contributed by atoms with Crippen molar-refractivity contribution in [2.75, 3.05) is 13.2 Å². The molecule has 9 heavy (non-hydrogen) atoms. The minimum absolute atomic E-state index is 0.0567. The van der Waals surface area contributed by atoms with Gasteiger partial charge in [-0.3, -0.25) is 0 Å². The number of aliphatic hydroxyl groups is 1. The van der Waals surface area contributed by atoms with Crippen molar-refractivity contribution in [1.29, 1.82) is 0 Å². The van der Waals surface area contributed by atoms with Gasteiger partial charge in [0.05, 0.1) is 12.7 Å². The number of aliphatic hydroxyl groups excluding tert-OH is 1. The summed E-state index contributed by atoms with van der Waals surface area (Å²) in [6.07, 6.45) is 0.830. The second-order valence-electron chi connectivity index (χ2n) is 2.48. The van der Waals surface area contributed by atoms with E-state index in [1.54, 1.807) is 0 Å². The van der Waals surface area contributed by atoms with E-state index in [-0.39, 0.29) is 12.6 Å². The van der Waals surface area contributed by atoms with Crippen LogP contribution in [0, 0.1) is 0 Å². The van der Waals surface area contributed by atoms with Crippen molar-refractivity contribution in [1.82, 2.24) is 5.32 Å². The van der Waals surface area contributed by atoms with Gasteiger partial charge in [-0.05, 0) is 19.4 Å². The molecular weight excluding hydrogens is 118 g/mol. The quantitative estimate of drug-likeness (QED) is 0.504. The lowest BCUT2D eigenvalue weighted by atomic mass is 10.0. The molecule has 3 heteroatoms. The van der Waals surface area contributed by atoms with Crippen LogP contribution in [0.25, 0.3) is 0 Å². The molecule has 3 nitrogen and oxygen atoms in total. The summed E-state index contributed by atoms with van der Waals surface area (Å²) >= 11 is 0. The molecule has 0 aliphatic carbocycles. The Bertz CT molecular complexity index is 87.1. The highest BCUT2D eigenvalue weighted by molar-refractivity contribution is 4.76. The third-order valence-corrected chi connectivity index (χ3v) is 1.67. The minimum Gasteiger partial charge on any atom is -0.395 e. The summed E-state index contributed by atoms with van der Waals surface area (Å²) in [7, 11) is 0. The van der Waals surface area contributed by atoms with Crippen molar-refractivity contribution in [2.24, 2.45) is 0 Å². The molecule has 2 atom stereocenters. The third-order valence-electron chi connectivity index (χ3n) is 1.67. The summed E-state index contributed by atoms with van der Waals surface area (Å²) in [6.45, 7) is 0.859. The second-order valence-corrected chi connectivity index (χ2v) is 2.48. The zero-order chi connectivity index (χ0) is 6.69. The zero-order valence-electron chi connectivity index (χ0n) is 5.34. The molecule has 0 aromatic rings. The average Bonchev–Trinajstić information content (AvgIpc) is 1.88. The number of hydrogen-bond acceptors (Lipinski definition) is 2. The number of hydrogen-bond donors (Lipinski definition) is 2. The van der Waals surface area contributed by atoms with Gasteiger partial charge in [-0.25, -0.2) is 5.11 Å². The Morgan fingerprint density at radius 3 is 2.89 bits per heavy atom. The maximum atomic E-state index is 10.8. The molecule has 0 spiro atoms. The van der Waals surface area contributed by atoms with Crippen molar-refractivity contribution in [3.8, 4) is 0 Å². The van der Waals surface area contributed by atoms with E-state index in [0.717, 1.165) is 6.54 Å². The highest BCUT2D eigenvalue weighted by Crippen LogP contribution is 2.07. The first-order valence-corrected chi connectivity index (χ1v) is 3.33. The Morgan fingerprint density at radius 2 is 2.44 bits per heavy atom. The molecule has 0 aromatic carbocycles. The van der Waals surface area contributed by atoms with Crippen LogP contribution in [0.3, 0.4) is 0 Å². The predicted octanol–water partition coefficient (Wildman–Crippen LogP) is -0.470. The van der Waals surface area contributed by atoms with E-state index in [9.17, 15) is 5.11 Å². The maximum Gasteiger partial charge on any atom is 0.0957 e. The molecule has 1 fully saturated rings. The molecule has 2 N–H and O–H groups in total. The fourth-order valence-corrected chi connectivity index (χ4v) is 1.11. The first-order chi connectivity index (χ1) is 4.33. The van der Waals surface area contributed by atoms with Gasteiger partial charge in [0.25, 0.3) is 0 Å². The standard InChI is InChI=1S/C6H12NO2/c8-4-5-3-6(9)1-2-7-5/h5-8H,1-4H2. The number of nitrogens with one attached hydrogen (secondary N) is 1. The molecule has 53 valence electrons. The lowest BCUT2D eigenvalue weighted by Crippen LogP contribution is -2.41. The highest BCUT2D eigenvalue weighted by Gasteiger charge is 2.19. The molecule has 1 heterocycles. The van der Waals surface area contributed by atoms with Crippen LogP contribution in [-0.2, 0) is 5.11 Å². The van der Waals surface area contributed by atoms with E-state index in [4.69, 9.17) is 5.11 Å². The Kier molecular flexibility index (Phi) is 2.45. The molecule has 0 aromatic heterocycles. The van der Waals surface area contributed by atoms with Gasteiger partial charge < -0.3 is 10.4 Å². The SMILES string of the molecule is [O]C1CCNC(CO)C1. The average molecular weight is 130 g/mol. The van der Waals surface area contributed by atoms with E-state index in [1.165, 1.54) is 0 Å². The summed E-state index contributed by atoms with van der Waals surface area (Å²) in [5.74, 6) is 0. The summed E-state index contributed by atoms with van der Waals surface area (Å²) in [6, 6.07) is 0.0567. The Balaban J connectivity index is 2.23. The van der Waals surface area contributed by atoms with Crippen molar-refractivity contribution < 1.29 is 10.2 Å². The third kappa shape index (κ3) is 1.93. The van der Waals surface area contributed by atoms with Gasteiger partial charge in [-0.15, -0.1) is 0 Å². The van der Waals surface area contributed by atoms with Gasteiger partial charge in [-0.2, -0.15) is 0 Å². The molecule has 0 bridgehead atoms. The van der Waals surface area contributed by atoms with Crippen molar-refractivity contribution >= 4 is 0 Å². The monoisotopic (exact) mass is 130 g/mol. The second kappa shape index (κ2) is 3.15. The molecule has 1 aliphatic heterocycles. The van der Waals surface area contributed by atoms with Crippen LogP contribution in [0.15, 0.2) is 0 Å². The van der Waals surface area contributed by atoms with Crippen LogP contribution in [-0.4, -0.2) is 30.4 Å². The summed E-state index contributed by atoms with van der Waals surface area (Å²) < 4.78 is 0. The summed E-state index contributed by atoms with van der Waals surface area (Å²) in [5.41, 5.74) is 0. The first kappa shape index (κ1) is 6.99. The number of rotatable bonds is 1. The van der Waals surface area contributed by atoms with Gasteiger partial charge in [0, 0.05) is 6.04 Å². The molecule has 1 saturated heterocycles. The number of piperidine rings is 1. The van der Waals surface area contributed by atoms with E-state index in [0.29, 0.717) is 12.8 Å². The van der Waals surface area contributed by atoms with Gasteiger partial charge in [0.15, 0.2) is 0 Å². The topological polar surface area (TPSA) is 52.2 Å². The molecule has 0 amide bonds. The predicted molar refractivity (Wildman–Crippen MR) is 32.6 cm³/mol.